The van der Waals surface area contributed by atoms with Crippen molar-refractivity contribution in [2.24, 2.45) is 5.92 Å². The van der Waals surface area contributed by atoms with Crippen LogP contribution in [0.25, 0.3) is 10.9 Å². The summed E-state index contributed by atoms with van der Waals surface area (Å²) in [6.45, 7) is 5.80. The normalized spacial score (nSPS) is 15.5. The fourth-order valence-corrected chi connectivity index (χ4v) is 4.14. The highest BCUT2D eigenvalue weighted by molar-refractivity contribution is 6.06. The number of nitrogens with one attached hydrogen (secondary N) is 1. The summed E-state index contributed by atoms with van der Waals surface area (Å²) in [5, 5.41) is 3.60. The van der Waals surface area contributed by atoms with Crippen molar-refractivity contribution in [1.82, 2.24) is 4.98 Å². The van der Waals surface area contributed by atoms with E-state index in [1.54, 1.807) is 0 Å². The molecule has 1 heterocycles. The lowest BCUT2D eigenvalue weighted by atomic mass is 9.84. The molecule has 1 N–H and O–H groups in total. The highest BCUT2D eigenvalue weighted by Gasteiger charge is 2.26. The van der Waals surface area contributed by atoms with E-state index < -0.39 is 5.97 Å². The van der Waals surface area contributed by atoms with Crippen LogP contribution in [-0.4, -0.2) is 23.5 Å². The number of para-hydroxylation sites is 1. The second-order valence-electron chi connectivity index (χ2n) is 8.22. The van der Waals surface area contributed by atoms with Crippen molar-refractivity contribution in [2.45, 2.75) is 40.0 Å². The first-order valence-corrected chi connectivity index (χ1v) is 10.4. The zero-order valence-corrected chi connectivity index (χ0v) is 17.6. The molecular formula is C25H26N2O3. The van der Waals surface area contributed by atoms with Gasteiger partial charge in [-0.25, -0.2) is 4.79 Å². The Bertz CT molecular complexity index is 1140. The van der Waals surface area contributed by atoms with Crippen LogP contribution in [0, 0.1) is 19.8 Å². The number of ether oxygens (including phenoxy) is 1. The minimum absolute atomic E-state index is 0.326. The van der Waals surface area contributed by atoms with Gasteiger partial charge in [-0.3, -0.25) is 9.78 Å². The third-order valence-electron chi connectivity index (χ3n) is 5.70. The molecule has 0 spiro atoms. The lowest BCUT2D eigenvalue weighted by Crippen LogP contribution is -2.24. The number of aryl methyl sites for hydroxylation is 3. The zero-order chi connectivity index (χ0) is 21.3. The summed E-state index contributed by atoms with van der Waals surface area (Å²) in [6.07, 6.45) is 2.71. The van der Waals surface area contributed by atoms with Gasteiger partial charge in [0.15, 0.2) is 6.61 Å². The number of fused-ring (bicyclic) bond motifs is 2. The van der Waals surface area contributed by atoms with Crippen molar-refractivity contribution in [3.05, 3.63) is 70.4 Å². The molecule has 30 heavy (non-hydrogen) atoms. The number of carbonyl (C=O) groups excluding carboxylic acids is 2. The number of benzene rings is 2. The van der Waals surface area contributed by atoms with E-state index in [0.29, 0.717) is 11.5 Å². The maximum absolute atomic E-state index is 13.1. The number of rotatable bonds is 4. The molecule has 4 rings (SSSR count). The van der Waals surface area contributed by atoms with E-state index in [9.17, 15) is 9.59 Å². The quantitative estimate of drug-likeness (QED) is 0.638. The number of carbonyl (C=O) groups is 2. The van der Waals surface area contributed by atoms with Gasteiger partial charge in [-0.2, -0.15) is 0 Å². The van der Waals surface area contributed by atoms with E-state index in [4.69, 9.17) is 9.72 Å². The maximum atomic E-state index is 13.1. The Morgan fingerprint density at radius 2 is 1.97 bits per heavy atom. The van der Waals surface area contributed by atoms with Crippen LogP contribution in [0.2, 0.25) is 0 Å². The van der Waals surface area contributed by atoms with Gasteiger partial charge in [0.2, 0.25) is 0 Å². The molecule has 1 aliphatic rings. The van der Waals surface area contributed by atoms with Crippen molar-refractivity contribution in [3.8, 4) is 0 Å². The third kappa shape index (κ3) is 4.06. The van der Waals surface area contributed by atoms with Crippen molar-refractivity contribution in [3.63, 3.8) is 0 Å². The van der Waals surface area contributed by atoms with E-state index in [-0.39, 0.29) is 12.5 Å². The van der Waals surface area contributed by atoms with Crippen LogP contribution in [0.3, 0.4) is 0 Å². The summed E-state index contributed by atoms with van der Waals surface area (Å²) in [5.41, 5.74) is 6.10. The number of nitrogens with zero attached hydrogens (tertiary/aromatic N) is 1. The van der Waals surface area contributed by atoms with Crippen molar-refractivity contribution < 1.29 is 14.3 Å². The molecule has 0 bridgehead atoms. The Labute approximate surface area is 176 Å². The Hall–Kier alpha value is -3.21. The molecule has 0 aliphatic heterocycles. The topological polar surface area (TPSA) is 68.3 Å². The highest BCUT2D eigenvalue weighted by Crippen LogP contribution is 2.32. The molecule has 1 atom stereocenters. The number of esters is 1. The maximum Gasteiger partial charge on any atom is 0.339 e. The standard InChI is InChI=1S/C25H26N2O3/c1-15-8-10-20(17(3)12-15)27-23(28)14-30-25(29)24-18-6-4-5-7-21(18)26-22-11-9-16(2)13-19(22)24/h4-8,10,12,16H,9,11,13-14H2,1-3H3,(H,27,28)/t16-/m0/s1. The van der Waals surface area contributed by atoms with Crippen LogP contribution in [0.5, 0.6) is 0 Å². The van der Waals surface area contributed by atoms with Gasteiger partial charge in [0, 0.05) is 16.8 Å². The summed E-state index contributed by atoms with van der Waals surface area (Å²) < 4.78 is 5.46. The molecule has 0 radical (unpaired) electrons. The second-order valence-corrected chi connectivity index (χ2v) is 8.22. The van der Waals surface area contributed by atoms with Gasteiger partial charge in [-0.1, -0.05) is 42.8 Å². The first kappa shape index (κ1) is 20.1. The summed E-state index contributed by atoms with van der Waals surface area (Å²) in [4.78, 5) is 30.2. The largest absolute Gasteiger partial charge is 0.452 e. The van der Waals surface area contributed by atoms with Crippen LogP contribution >= 0.6 is 0 Å². The molecular weight excluding hydrogens is 376 g/mol. The fourth-order valence-electron chi connectivity index (χ4n) is 4.14. The lowest BCUT2D eigenvalue weighted by molar-refractivity contribution is -0.119. The molecule has 0 saturated carbocycles. The molecule has 1 aromatic heterocycles. The Morgan fingerprint density at radius 1 is 1.17 bits per heavy atom. The number of aromatic nitrogens is 1. The fraction of sp³-hybridized carbons (Fsp3) is 0.320. The molecule has 1 amide bonds. The van der Waals surface area contributed by atoms with Gasteiger partial charge in [-0.05, 0) is 62.3 Å². The van der Waals surface area contributed by atoms with Gasteiger partial charge < -0.3 is 10.1 Å². The summed E-state index contributed by atoms with van der Waals surface area (Å²) >= 11 is 0. The van der Waals surface area contributed by atoms with Crippen molar-refractivity contribution in [1.29, 1.82) is 0 Å². The predicted octanol–water partition coefficient (Wildman–Crippen LogP) is 4.77. The van der Waals surface area contributed by atoms with Gasteiger partial charge in [0.25, 0.3) is 5.91 Å². The van der Waals surface area contributed by atoms with E-state index in [1.165, 1.54) is 0 Å². The summed E-state index contributed by atoms with van der Waals surface area (Å²) in [5.74, 6) is -0.328. The van der Waals surface area contributed by atoms with Crippen LogP contribution < -0.4 is 5.32 Å². The van der Waals surface area contributed by atoms with Gasteiger partial charge >= 0.3 is 5.97 Å². The first-order chi connectivity index (χ1) is 14.4. The number of hydrogen-bond acceptors (Lipinski definition) is 4. The molecule has 0 unspecified atom stereocenters. The van der Waals surface area contributed by atoms with E-state index in [2.05, 4.69) is 12.2 Å². The zero-order valence-electron chi connectivity index (χ0n) is 17.6. The second kappa shape index (κ2) is 8.27. The van der Waals surface area contributed by atoms with Gasteiger partial charge in [-0.15, -0.1) is 0 Å². The van der Waals surface area contributed by atoms with E-state index >= 15 is 0 Å². The minimum atomic E-state index is -0.463. The Kier molecular flexibility index (Phi) is 5.53. The molecule has 3 aromatic rings. The monoisotopic (exact) mass is 402 g/mol. The van der Waals surface area contributed by atoms with Crippen molar-refractivity contribution >= 4 is 28.5 Å². The predicted molar refractivity (Wildman–Crippen MR) is 118 cm³/mol. The van der Waals surface area contributed by atoms with Crippen LogP contribution in [0.1, 0.15) is 46.1 Å². The lowest BCUT2D eigenvalue weighted by Gasteiger charge is -2.24. The SMILES string of the molecule is Cc1ccc(NC(=O)COC(=O)c2c3c(nc4ccccc24)CC[C@H](C)C3)c(C)c1. The molecule has 5 heteroatoms. The molecule has 0 fully saturated rings. The number of pyridine rings is 1. The first-order valence-electron chi connectivity index (χ1n) is 10.4. The average Bonchev–Trinajstić information content (AvgIpc) is 2.72. The van der Waals surface area contributed by atoms with Gasteiger partial charge in [0.05, 0.1) is 11.1 Å². The molecule has 2 aromatic carbocycles. The molecule has 1 aliphatic carbocycles. The average molecular weight is 402 g/mol. The molecule has 0 saturated heterocycles. The van der Waals surface area contributed by atoms with Crippen LogP contribution in [-0.2, 0) is 22.4 Å². The minimum Gasteiger partial charge on any atom is -0.452 e. The Balaban J connectivity index is 1.56. The Morgan fingerprint density at radius 3 is 2.77 bits per heavy atom. The van der Waals surface area contributed by atoms with Gasteiger partial charge in [0.1, 0.15) is 0 Å². The molecule has 5 nitrogen and oxygen atoms in total. The van der Waals surface area contributed by atoms with E-state index in [1.807, 2.05) is 56.3 Å². The van der Waals surface area contributed by atoms with Crippen LogP contribution in [0.15, 0.2) is 42.5 Å². The highest BCUT2D eigenvalue weighted by atomic mass is 16.5. The number of anilines is 1. The van der Waals surface area contributed by atoms with E-state index in [0.717, 1.165) is 58.2 Å². The smallest absolute Gasteiger partial charge is 0.339 e. The van der Waals surface area contributed by atoms with Crippen molar-refractivity contribution in [2.75, 3.05) is 11.9 Å². The number of amides is 1. The summed E-state index contributed by atoms with van der Waals surface area (Å²) in [6, 6.07) is 13.4. The molecule has 154 valence electrons. The summed E-state index contributed by atoms with van der Waals surface area (Å²) in [7, 11) is 0. The number of hydrogen-bond donors (Lipinski definition) is 1. The van der Waals surface area contributed by atoms with Crippen LogP contribution in [0.4, 0.5) is 5.69 Å². The third-order valence-corrected chi connectivity index (χ3v) is 5.70.